The Hall–Kier alpha value is -2.59. The maximum atomic E-state index is 15.0. The van der Waals surface area contributed by atoms with Crippen LogP contribution in [0.25, 0.3) is 22.3 Å². The van der Waals surface area contributed by atoms with E-state index in [2.05, 4.69) is 6.92 Å². The molecule has 1 saturated heterocycles. The van der Waals surface area contributed by atoms with Crippen molar-refractivity contribution < 1.29 is 17.9 Å². The highest BCUT2D eigenvalue weighted by Crippen LogP contribution is 2.35. The number of hydrogen-bond acceptors (Lipinski definition) is 1. The molecule has 4 rings (SSSR count). The number of ether oxygens (including phenoxy) is 1. The number of benzene rings is 3. The van der Waals surface area contributed by atoms with E-state index in [9.17, 15) is 13.2 Å². The topological polar surface area (TPSA) is 9.23 Å². The van der Waals surface area contributed by atoms with Crippen LogP contribution >= 0.6 is 0 Å². The molecule has 0 amide bonds. The Kier molecular flexibility index (Phi) is 7.54. The molecule has 2 unspecified atom stereocenters. The molecule has 3 aromatic carbocycles. The molecular formula is C29H31F3O. The van der Waals surface area contributed by atoms with Crippen LogP contribution in [0.15, 0.2) is 54.6 Å². The first-order chi connectivity index (χ1) is 16.0. The average Bonchev–Trinajstić information content (AvgIpc) is 2.83. The second-order valence-corrected chi connectivity index (χ2v) is 9.13. The Morgan fingerprint density at radius 1 is 0.818 bits per heavy atom. The largest absolute Gasteiger partial charge is 0.373 e. The van der Waals surface area contributed by atoms with Gasteiger partial charge >= 0.3 is 0 Å². The van der Waals surface area contributed by atoms with Crippen molar-refractivity contribution >= 4 is 0 Å². The lowest BCUT2D eigenvalue weighted by atomic mass is 9.90. The molecule has 0 bridgehead atoms. The van der Waals surface area contributed by atoms with E-state index in [0.29, 0.717) is 23.7 Å². The SMILES string of the molecule is CCCCCC1CCC(c2ccc(-c3ccc(-c4ccc(C)c(F)c4F)cc3)cc2F)OC1. The minimum atomic E-state index is -0.849. The van der Waals surface area contributed by atoms with E-state index < -0.39 is 11.6 Å². The lowest BCUT2D eigenvalue weighted by molar-refractivity contribution is -0.0215. The Balaban J connectivity index is 1.45. The van der Waals surface area contributed by atoms with Crippen LogP contribution in [0.5, 0.6) is 0 Å². The van der Waals surface area contributed by atoms with Crippen LogP contribution in [0.4, 0.5) is 13.2 Å². The minimum Gasteiger partial charge on any atom is -0.373 e. The van der Waals surface area contributed by atoms with Gasteiger partial charge in [0.1, 0.15) is 5.82 Å². The van der Waals surface area contributed by atoms with Gasteiger partial charge in [-0.3, -0.25) is 0 Å². The number of unbranched alkanes of at least 4 members (excludes halogenated alkanes) is 2. The van der Waals surface area contributed by atoms with E-state index in [0.717, 1.165) is 24.0 Å². The Morgan fingerprint density at radius 3 is 2.21 bits per heavy atom. The summed E-state index contributed by atoms with van der Waals surface area (Å²) in [4.78, 5) is 0. The minimum absolute atomic E-state index is 0.191. The van der Waals surface area contributed by atoms with Crippen molar-refractivity contribution in [2.45, 2.75) is 58.5 Å². The summed E-state index contributed by atoms with van der Waals surface area (Å²) >= 11 is 0. The molecule has 0 radical (unpaired) electrons. The first-order valence-corrected chi connectivity index (χ1v) is 11.9. The van der Waals surface area contributed by atoms with E-state index in [-0.39, 0.29) is 23.0 Å². The third-order valence-corrected chi connectivity index (χ3v) is 6.74. The van der Waals surface area contributed by atoms with Crippen molar-refractivity contribution in [3.8, 4) is 22.3 Å². The fourth-order valence-corrected chi connectivity index (χ4v) is 4.64. The van der Waals surface area contributed by atoms with Crippen LogP contribution < -0.4 is 0 Å². The van der Waals surface area contributed by atoms with Gasteiger partial charge in [-0.05, 0) is 60.4 Å². The molecule has 0 N–H and O–H groups in total. The first-order valence-electron chi connectivity index (χ1n) is 11.9. The van der Waals surface area contributed by atoms with Crippen LogP contribution in [-0.4, -0.2) is 6.61 Å². The Labute approximate surface area is 194 Å². The molecule has 1 aliphatic heterocycles. The van der Waals surface area contributed by atoms with Crippen LogP contribution in [0.3, 0.4) is 0 Å². The third-order valence-electron chi connectivity index (χ3n) is 6.74. The van der Waals surface area contributed by atoms with Gasteiger partial charge in [0.05, 0.1) is 12.7 Å². The number of hydrogen-bond donors (Lipinski definition) is 0. The molecule has 174 valence electrons. The number of halogens is 3. The second-order valence-electron chi connectivity index (χ2n) is 9.13. The van der Waals surface area contributed by atoms with Gasteiger partial charge in [-0.25, -0.2) is 13.2 Å². The summed E-state index contributed by atoms with van der Waals surface area (Å²) in [7, 11) is 0. The third kappa shape index (κ3) is 5.33. The zero-order valence-electron chi connectivity index (χ0n) is 19.3. The zero-order valence-corrected chi connectivity index (χ0v) is 19.3. The summed E-state index contributed by atoms with van der Waals surface area (Å²) in [5.74, 6) is -1.36. The van der Waals surface area contributed by atoms with E-state index in [4.69, 9.17) is 4.74 Å². The molecule has 33 heavy (non-hydrogen) atoms. The maximum Gasteiger partial charge on any atom is 0.166 e. The molecule has 0 aromatic heterocycles. The van der Waals surface area contributed by atoms with Gasteiger partial charge in [-0.2, -0.15) is 0 Å². The smallest absolute Gasteiger partial charge is 0.166 e. The van der Waals surface area contributed by atoms with Crippen LogP contribution in [0, 0.1) is 30.3 Å². The van der Waals surface area contributed by atoms with E-state index in [1.165, 1.54) is 38.7 Å². The molecule has 4 heteroatoms. The zero-order chi connectivity index (χ0) is 23.4. The van der Waals surface area contributed by atoms with Gasteiger partial charge in [0.2, 0.25) is 0 Å². The molecule has 3 aromatic rings. The van der Waals surface area contributed by atoms with Crippen molar-refractivity contribution in [2.24, 2.45) is 5.92 Å². The van der Waals surface area contributed by atoms with E-state index >= 15 is 0 Å². The summed E-state index contributed by atoms with van der Waals surface area (Å²) in [5.41, 5.74) is 3.24. The summed E-state index contributed by atoms with van der Waals surface area (Å²) in [6.45, 7) is 4.44. The highest BCUT2D eigenvalue weighted by Gasteiger charge is 2.25. The van der Waals surface area contributed by atoms with Crippen LogP contribution in [-0.2, 0) is 4.74 Å². The van der Waals surface area contributed by atoms with Crippen molar-refractivity contribution in [2.75, 3.05) is 6.61 Å². The summed E-state index contributed by atoms with van der Waals surface area (Å²) < 4.78 is 49.2. The normalized spacial score (nSPS) is 18.5. The summed E-state index contributed by atoms with van der Waals surface area (Å²) in [6, 6.07) is 15.5. The van der Waals surface area contributed by atoms with Crippen molar-refractivity contribution in [1.82, 2.24) is 0 Å². The number of rotatable bonds is 7. The molecule has 2 atom stereocenters. The Bertz CT molecular complexity index is 1080. The lowest BCUT2D eigenvalue weighted by Gasteiger charge is -2.29. The predicted molar refractivity (Wildman–Crippen MR) is 127 cm³/mol. The quantitative estimate of drug-likeness (QED) is 0.326. The molecule has 1 nitrogen and oxygen atoms in total. The molecule has 1 aliphatic rings. The van der Waals surface area contributed by atoms with Crippen molar-refractivity contribution in [1.29, 1.82) is 0 Å². The summed E-state index contributed by atoms with van der Waals surface area (Å²) in [5, 5.41) is 0. The van der Waals surface area contributed by atoms with E-state index in [1.54, 1.807) is 36.4 Å². The highest BCUT2D eigenvalue weighted by atomic mass is 19.2. The first kappa shape index (κ1) is 23.6. The average molecular weight is 453 g/mol. The second kappa shape index (κ2) is 10.6. The van der Waals surface area contributed by atoms with Crippen molar-refractivity contribution in [3.05, 3.63) is 83.2 Å². The van der Waals surface area contributed by atoms with Gasteiger partial charge in [-0.15, -0.1) is 0 Å². The van der Waals surface area contributed by atoms with Crippen LogP contribution in [0.2, 0.25) is 0 Å². The lowest BCUT2D eigenvalue weighted by Crippen LogP contribution is -2.21. The molecule has 1 heterocycles. The van der Waals surface area contributed by atoms with Crippen molar-refractivity contribution in [3.63, 3.8) is 0 Å². The molecule has 0 aliphatic carbocycles. The highest BCUT2D eigenvalue weighted by molar-refractivity contribution is 5.71. The Morgan fingerprint density at radius 2 is 1.55 bits per heavy atom. The standard InChI is InChI=1S/C29H31F3O/c1-3-4-5-6-20-8-16-27(33-18-20)25-15-13-23(17-26(25)30)21-9-11-22(12-10-21)24-14-7-19(2)28(31)29(24)32/h7,9-15,17,20,27H,3-6,8,16,18H2,1-2H3. The molecular weight excluding hydrogens is 421 g/mol. The van der Waals surface area contributed by atoms with Gasteiger partial charge in [0.15, 0.2) is 11.6 Å². The monoisotopic (exact) mass is 452 g/mol. The fraction of sp³-hybridized carbons (Fsp3) is 0.379. The van der Waals surface area contributed by atoms with Gasteiger partial charge in [0.25, 0.3) is 0 Å². The molecule has 1 fully saturated rings. The predicted octanol–water partition coefficient (Wildman–Crippen LogP) is 8.79. The summed E-state index contributed by atoms with van der Waals surface area (Å²) in [6.07, 6.45) is 6.64. The van der Waals surface area contributed by atoms with Gasteiger partial charge in [-0.1, -0.05) is 74.7 Å². The molecule has 0 spiro atoms. The van der Waals surface area contributed by atoms with E-state index in [1.807, 2.05) is 12.1 Å². The number of aryl methyl sites for hydroxylation is 1. The molecule has 0 saturated carbocycles. The van der Waals surface area contributed by atoms with Gasteiger partial charge in [0, 0.05) is 11.1 Å². The fourth-order valence-electron chi connectivity index (χ4n) is 4.64. The van der Waals surface area contributed by atoms with Crippen LogP contribution in [0.1, 0.15) is 62.7 Å². The maximum absolute atomic E-state index is 15.0. The van der Waals surface area contributed by atoms with Gasteiger partial charge < -0.3 is 4.74 Å².